The van der Waals surface area contributed by atoms with Crippen LogP contribution in [0.15, 0.2) is 47.8 Å². The summed E-state index contributed by atoms with van der Waals surface area (Å²) in [5, 5.41) is 12.8. The highest BCUT2D eigenvalue weighted by Gasteiger charge is 2.25. The fourth-order valence-electron chi connectivity index (χ4n) is 3.72. The zero-order chi connectivity index (χ0) is 22.8. The summed E-state index contributed by atoms with van der Waals surface area (Å²) in [5.41, 5.74) is 7.19. The van der Waals surface area contributed by atoms with Crippen LogP contribution in [-0.2, 0) is 16.1 Å². The molecule has 3 aromatic heterocycles. The van der Waals surface area contributed by atoms with E-state index < -0.39 is 5.82 Å². The van der Waals surface area contributed by atoms with Gasteiger partial charge in [0.05, 0.1) is 34.7 Å². The Labute approximate surface area is 197 Å². The monoisotopic (exact) mass is 484 g/mol. The first-order chi connectivity index (χ1) is 16.1. The minimum absolute atomic E-state index is 0.0417. The summed E-state index contributed by atoms with van der Waals surface area (Å²) < 4.78 is 21.6. The van der Waals surface area contributed by atoms with E-state index in [-0.39, 0.29) is 23.5 Å². The molecule has 0 aliphatic carbocycles. The maximum atomic E-state index is 13.8. The third kappa shape index (κ3) is 4.56. The summed E-state index contributed by atoms with van der Waals surface area (Å²) in [5.74, 6) is -0.123. The molecule has 1 amide bonds. The number of nitrogen functional groups attached to an aromatic ring is 1. The summed E-state index contributed by atoms with van der Waals surface area (Å²) in [6.07, 6.45) is 3.72. The molecule has 1 aromatic carbocycles. The van der Waals surface area contributed by atoms with Crippen LogP contribution in [0.25, 0.3) is 20.9 Å². The van der Waals surface area contributed by atoms with Crippen molar-refractivity contribution in [2.24, 2.45) is 0 Å². The van der Waals surface area contributed by atoms with E-state index in [0.717, 1.165) is 34.5 Å². The van der Waals surface area contributed by atoms with Gasteiger partial charge >= 0.3 is 0 Å². The number of halogens is 1. The standard InChI is InChI=1S/C22H21FN6O2S2/c23-15-7-1-2-8-16(15)26-17(30)12-32-22-28-27-20(29(22)11-13-5-4-10-31-13)19-18(24)14-6-3-9-25-21(14)33-19/h1-3,6-9,13H,4-5,10-12,24H2,(H,26,30)/t13-/m0/s1. The molecule has 170 valence electrons. The number of nitrogens with zero attached hydrogens (tertiary/aromatic N) is 4. The van der Waals surface area contributed by atoms with Crippen molar-refractivity contribution in [2.45, 2.75) is 30.6 Å². The topological polar surface area (TPSA) is 108 Å². The lowest BCUT2D eigenvalue weighted by Gasteiger charge is -2.14. The van der Waals surface area contributed by atoms with E-state index in [9.17, 15) is 9.18 Å². The van der Waals surface area contributed by atoms with E-state index in [1.807, 2.05) is 16.7 Å². The molecule has 1 aliphatic heterocycles. The number of benzene rings is 1. The highest BCUT2D eigenvalue weighted by Crippen LogP contribution is 2.40. The molecule has 1 aliphatic rings. The number of pyridine rings is 1. The predicted octanol–water partition coefficient (Wildman–Crippen LogP) is 4.19. The Hall–Kier alpha value is -3.02. The number of para-hydroxylation sites is 1. The van der Waals surface area contributed by atoms with E-state index in [0.29, 0.717) is 23.2 Å². The maximum absolute atomic E-state index is 13.8. The van der Waals surface area contributed by atoms with Crippen LogP contribution >= 0.6 is 23.1 Å². The number of ether oxygens (including phenoxy) is 1. The molecular formula is C22H21FN6O2S2. The largest absolute Gasteiger partial charge is 0.397 e. The predicted molar refractivity (Wildman–Crippen MR) is 128 cm³/mol. The van der Waals surface area contributed by atoms with Crippen molar-refractivity contribution < 1.29 is 13.9 Å². The number of nitrogens with two attached hydrogens (primary N) is 1. The first kappa shape index (κ1) is 21.8. The Morgan fingerprint density at radius 3 is 2.97 bits per heavy atom. The van der Waals surface area contributed by atoms with Gasteiger partial charge in [-0.05, 0) is 37.1 Å². The van der Waals surface area contributed by atoms with E-state index in [4.69, 9.17) is 10.5 Å². The first-order valence-electron chi connectivity index (χ1n) is 10.5. The molecule has 0 bridgehead atoms. The van der Waals surface area contributed by atoms with Crippen LogP contribution in [0.4, 0.5) is 15.8 Å². The first-order valence-corrected chi connectivity index (χ1v) is 12.3. The van der Waals surface area contributed by atoms with Gasteiger partial charge in [0.15, 0.2) is 11.0 Å². The molecule has 4 aromatic rings. The molecule has 11 heteroatoms. The van der Waals surface area contributed by atoms with E-state index in [1.54, 1.807) is 18.3 Å². The highest BCUT2D eigenvalue weighted by atomic mass is 32.2. The fourth-order valence-corrected chi connectivity index (χ4v) is 5.52. The zero-order valence-electron chi connectivity index (χ0n) is 17.5. The molecule has 3 N–H and O–H groups in total. The van der Waals surface area contributed by atoms with E-state index in [2.05, 4.69) is 20.5 Å². The lowest BCUT2D eigenvalue weighted by atomic mass is 10.2. The molecule has 1 saturated heterocycles. The van der Waals surface area contributed by atoms with Crippen molar-refractivity contribution in [1.82, 2.24) is 19.7 Å². The highest BCUT2D eigenvalue weighted by molar-refractivity contribution is 7.99. The van der Waals surface area contributed by atoms with E-state index >= 15 is 0 Å². The molecule has 33 heavy (non-hydrogen) atoms. The molecule has 8 nitrogen and oxygen atoms in total. The number of amides is 1. The number of thioether (sulfide) groups is 1. The van der Waals surface area contributed by atoms with Crippen LogP contribution in [0.1, 0.15) is 12.8 Å². The Balaban J connectivity index is 1.41. The second kappa shape index (κ2) is 9.46. The Kier molecular flexibility index (Phi) is 6.25. The van der Waals surface area contributed by atoms with Gasteiger partial charge in [0, 0.05) is 18.2 Å². The molecular weight excluding hydrogens is 463 g/mol. The third-order valence-corrected chi connectivity index (χ3v) is 7.41. The summed E-state index contributed by atoms with van der Waals surface area (Å²) >= 11 is 2.70. The van der Waals surface area contributed by atoms with Crippen molar-refractivity contribution in [3.63, 3.8) is 0 Å². The van der Waals surface area contributed by atoms with Gasteiger partial charge in [0.25, 0.3) is 0 Å². The van der Waals surface area contributed by atoms with E-state index in [1.165, 1.54) is 35.2 Å². The number of aromatic nitrogens is 4. The van der Waals surface area contributed by atoms with Gasteiger partial charge in [-0.3, -0.25) is 9.36 Å². The normalized spacial score (nSPS) is 15.8. The summed E-state index contributed by atoms with van der Waals surface area (Å²) in [6, 6.07) is 9.85. The average Bonchev–Trinajstić information content (AvgIpc) is 3.55. The average molecular weight is 485 g/mol. The quantitative estimate of drug-likeness (QED) is 0.379. The van der Waals surface area contributed by atoms with Crippen LogP contribution in [0.2, 0.25) is 0 Å². The van der Waals surface area contributed by atoms with Gasteiger partial charge in [-0.15, -0.1) is 21.5 Å². The summed E-state index contributed by atoms with van der Waals surface area (Å²) in [4.78, 5) is 18.5. The number of nitrogens with one attached hydrogen (secondary N) is 1. The van der Waals surface area contributed by atoms with Gasteiger partial charge in [-0.1, -0.05) is 23.9 Å². The van der Waals surface area contributed by atoms with Gasteiger partial charge in [0.2, 0.25) is 5.91 Å². The minimum atomic E-state index is -0.478. The molecule has 1 fully saturated rings. The van der Waals surface area contributed by atoms with Gasteiger partial charge < -0.3 is 15.8 Å². The zero-order valence-corrected chi connectivity index (χ0v) is 19.2. The number of hydrogen-bond acceptors (Lipinski definition) is 8. The van der Waals surface area contributed by atoms with Crippen LogP contribution in [0.3, 0.4) is 0 Å². The van der Waals surface area contributed by atoms with Crippen LogP contribution in [0.5, 0.6) is 0 Å². The Morgan fingerprint density at radius 2 is 2.18 bits per heavy atom. The van der Waals surface area contributed by atoms with Crippen molar-refractivity contribution in [3.8, 4) is 10.7 Å². The molecule has 0 unspecified atom stereocenters. The number of thiophene rings is 1. The lowest BCUT2D eigenvalue weighted by Crippen LogP contribution is -2.18. The maximum Gasteiger partial charge on any atom is 0.234 e. The third-order valence-electron chi connectivity index (χ3n) is 5.32. The SMILES string of the molecule is Nc1c(-c2nnc(SCC(=O)Nc3ccccc3F)n2C[C@@H]2CCCO2)sc2ncccc12. The molecule has 5 rings (SSSR count). The summed E-state index contributed by atoms with van der Waals surface area (Å²) in [6.45, 7) is 1.28. The second-order valence-electron chi connectivity index (χ2n) is 7.57. The molecule has 1 atom stereocenters. The summed E-state index contributed by atoms with van der Waals surface area (Å²) in [7, 11) is 0. The number of carbonyl (C=O) groups is 1. The molecule has 4 heterocycles. The smallest absolute Gasteiger partial charge is 0.234 e. The van der Waals surface area contributed by atoms with Crippen molar-refractivity contribution in [1.29, 1.82) is 0 Å². The second-order valence-corrected chi connectivity index (χ2v) is 9.51. The lowest BCUT2D eigenvalue weighted by molar-refractivity contribution is -0.113. The van der Waals surface area contributed by atoms with Crippen LogP contribution in [0, 0.1) is 5.82 Å². The van der Waals surface area contributed by atoms with Crippen molar-refractivity contribution in [3.05, 3.63) is 48.4 Å². The molecule has 0 spiro atoms. The number of hydrogen-bond donors (Lipinski definition) is 2. The van der Waals surface area contributed by atoms with Crippen LogP contribution in [-0.4, -0.2) is 44.1 Å². The van der Waals surface area contributed by atoms with Crippen molar-refractivity contribution in [2.75, 3.05) is 23.4 Å². The van der Waals surface area contributed by atoms with Gasteiger partial charge in [0.1, 0.15) is 10.6 Å². The van der Waals surface area contributed by atoms with Gasteiger partial charge in [-0.25, -0.2) is 9.37 Å². The molecule has 0 radical (unpaired) electrons. The number of rotatable bonds is 7. The van der Waals surface area contributed by atoms with Gasteiger partial charge in [-0.2, -0.15) is 0 Å². The van der Waals surface area contributed by atoms with Crippen LogP contribution < -0.4 is 11.1 Å². The Bertz CT molecular complexity index is 1300. The fraction of sp³-hybridized carbons (Fsp3) is 0.273. The number of fused-ring (bicyclic) bond motifs is 1. The minimum Gasteiger partial charge on any atom is -0.397 e. The Morgan fingerprint density at radius 1 is 1.30 bits per heavy atom. The van der Waals surface area contributed by atoms with Crippen molar-refractivity contribution >= 4 is 50.6 Å². The number of anilines is 2. The molecule has 0 saturated carbocycles. The number of carbonyl (C=O) groups excluding carboxylic acids is 1.